The molecule has 0 aliphatic carbocycles. The fraction of sp³-hybridized carbons (Fsp3) is 0.567. The van der Waals surface area contributed by atoms with Gasteiger partial charge in [-0.2, -0.15) is 0 Å². The van der Waals surface area contributed by atoms with E-state index in [1.807, 2.05) is 32.0 Å². The Balaban J connectivity index is 1.65. The van der Waals surface area contributed by atoms with Crippen molar-refractivity contribution in [1.29, 1.82) is 0 Å². The minimum absolute atomic E-state index is 0.0511. The summed E-state index contributed by atoms with van der Waals surface area (Å²) >= 11 is 0. The number of nitrogens with one attached hydrogen (secondary N) is 3. The van der Waals surface area contributed by atoms with Gasteiger partial charge in [0, 0.05) is 37.7 Å². The number of amides is 3. The molecule has 1 aromatic heterocycles. The molecular formula is C30H43N5O6. The summed E-state index contributed by atoms with van der Waals surface area (Å²) in [5, 5.41) is 8.63. The topological polar surface area (TPSA) is 139 Å². The van der Waals surface area contributed by atoms with Gasteiger partial charge in [-0.3, -0.25) is 24.2 Å². The van der Waals surface area contributed by atoms with E-state index in [-0.39, 0.29) is 30.2 Å². The zero-order valence-corrected chi connectivity index (χ0v) is 25.1. The Morgan fingerprint density at radius 2 is 1.88 bits per heavy atom. The molecule has 3 amide bonds. The van der Waals surface area contributed by atoms with E-state index in [0.717, 1.165) is 22.8 Å². The summed E-state index contributed by atoms with van der Waals surface area (Å²) in [4.78, 5) is 54.4. The summed E-state index contributed by atoms with van der Waals surface area (Å²) in [5.41, 5.74) is 2.87. The fourth-order valence-electron chi connectivity index (χ4n) is 4.47. The minimum atomic E-state index is -0.924. The smallest absolute Gasteiger partial charge is 0.325 e. The number of hydrazine groups is 1. The van der Waals surface area contributed by atoms with Crippen LogP contribution in [0.25, 0.3) is 10.8 Å². The number of rotatable bonds is 11. The molecule has 2 heterocycles. The van der Waals surface area contributed by atoms with Crippen molar-refractivity contribution in [3.05, 3.63) is 36.0 Å². The van der Waals surface area contributed by atoms with Gasteiger partial charge in [0.2, 0.25) is 23.6 Å². The Hall–Kier alpha value is -3.73. The van der Waals surface area contributed by atoms with Gasteiger partial charge < -0.3 is 20.1 Å². The fourth-order valence-corrected chi connectivity index (χ4v) is 4.47. The van der Waals surface area contributed by atoms with Crippen molar-refractivity contribution in [2.24, 2.45) is 11.3 Å². The van der Waals surface area contributed by atoms with E-state index in [1.54, 1.807) is 40.0 Å². The number of hydrogen-bond acceptors (Lipinski definition) is 8. The van der Waals surface area contributed by atoms with E-state index in [4.69, 9.17) is 9.47 Å². The lowest BCUT2D eigenvalue weighted by molar-refractivity contribution is -0.156. The summed E-state index contributed by atoms with van der Waals surface area (Å²) in [5.74, 6) is -0.730. The molecule has 1 saturated heterocycles. The highest BCUT2D eigenvalue weighted by molar-refractivity contribution is 5.90. The predicted molar refractivity (Wildman–Crippen MR) is 155 cm³/mol. The third kappa shape index (κ3) is 8.16. The molecule has 3 rings (SSSR count). The number of likely N-dealkylation sites (N-methyl/N-ethyl adjacent to an activating group) is 1. The van der Waals surface area contributed by atoms with E-state index in [9.17, 15) is 19.2 Å². The molecule has 11 heteroatoms. The summed E-state index contributed by atoms with van der Waals surface area (Å²) in [7, 11) is 1.54. The van der Waals surface area contributed by atoms with Crippen molar-refractivity contribution < 1.29 is 28.7 Å². The van der Waals surface area contributed by atoms with Gasteiger partial charge in [-0.1, -0.05) is 32.9 Å². The number of fused-ring (bicyclic) bond motifs is 1. The first kappa shape index (κ1) is 31.8. The maximum atomic E-state index is 13.0. The summed E-state index contributed by atoms with van der Waals surface area (Å²) in [6, 6.07) is 6.26. The molecule has 0 bridgehead atoms. The highest BCUT2D eigenvalue weighted by Gasteiger charge is 2.33. The van der Waals surface area contributed by atoms with Crippen LogP contribution >= 0.6 is 0 Å². The molecule has 41 heavy (non-hydrogen) atoms. The maximum absolute atomic E-state index is 13.0. The number of carbonyl (C=O) groups is 4. The van der Waals surface area contributed by atoms with Gasteiger partial charge in [0.15, 0.2) is 0 Å². The molecule has 3 atom stereocenters. The van der Waals surface area contributed by atoms with Crippen LogP contribution in [0.3, 0.4) is 0 Å². The van der Waals surface area contributed by atoms with Crippen molar-refractivity contribution in [2.75, 3.05) is 20.2 Å². The summed E-state index contributed by atoms with van der Waals surface area (Å²) in [6.45, 7) is 11.5. The first-order valence-corrected chi connectivity index (χ1v) is 14.2. The van der Waals surface area contributed by atoms with Crippen LogP contribution in [0.1, 0.15) is 72.5 Å². The first-order chi connectivity index (χ1) is 19.4. The number of carbonyl (C=O) groups excluding carboxylic acids is 4. The molecule has 1 fully saturated rings. The lowest BCUT2D eigenvalue weighted by atomic mass is 9.92. The molecule has 0 saturated carbocycles. The van der Waals surface area contributed by atoms with Crippen molar-refractivity contribution >= 4 is 34.5 Å². The van der Waals surface area contributed by atoms with Crippen molar-refractivity contribution in [3.63, 3.8) is 0 Å². The quantitative estimate of drug-likeness (QED) is 0.351. The van der Waals surface area contributed by atoms with Gasteiger partial charge in [-0.05, 0) is 56.5 Å². The number of hydrogen-bond donors (Lipinski definition) is 3. The molecule has 0 radical (unpaired) electrons. The average Bonchev–Trinajstić information content (AvgIpc) is 2.97. The molecular weight excluding hydrogens is 526 g/mol. The number of ether oxygens (including phenoxy) is 2. The van der Waals surface area contributed by atoms with Crippen LogP contribution < -0.4 is 20.8 Å². The van der Waals surface area contributed by atoms with Gasteiger partial charge in [-0.15, -0.1) is 0 Å². The lowest BCUT2D eigenvalue weighted by Gasteiger charge is -2.33. The molecule has 1 aromatic carbocycles. The molecule has 2 aromatic rings. The lowest BCUT2D eigenvalue weighted by Crippen LogP contribution is -2.55. The Bertz CT molecular complexity index is 1260. The van der Waals surface area contributed by atoms with Gasteiger partial charge in [0.05, 0.1) is 5.41 Å². The van der Waals surface area contributed by atoms with Crippen LogP contribution in [0.5, 0.6) is 5.88 Å². The maximum Gasteiger partial charge on any atom is 0.325 e. The second kappa shape index (κ2) is 13.8. The minimum Gasteiger partial charge on any atom is -0.477 e. The molecule has 11 nitrogen and oxygen atoms in total. The normalized spacial score (nSPS) is 17.1. The number of esters is 1. The Morgan fingerprint density at radius 3 is 2.54 bits per heavy atom. The second-order valence-electron chi connectivity index (χ2n) is 11.4. The van der Waals surface area contributed by atoms with Gasteiger partial charge in [0.1, 0.15) is 24.8 Å². The van der Waals surface area contributed by atoms with Crippen LogP contribution in [0.4, 0.5) is 0 Å². The van der Waals surface area contributed by atoms with Crippen LogP contribution in [0.15, 0.2) is 30.5 Å². The number of benzene rings is 1. The summed E-state index contributed by atoms with van der Waals surface area (Å²) < 4.78 is 11.7. The molecule has 3 N–H and O–H groups in total. The molecule has 0 unspecified atom stereocenters. The van der Waals surface area contributed by atoms with Gasteiger partial charge in [-0.25, -0.2) is 10.4 Å². The van der Waals surface area contributed by atoms with Crippen molar-refractivity contribution in [3.8, 4) is 5.88 Å². The molecule has 224 valence electrons. The van der Waals surface area contributed by atoms with Gasteiger partial charge in [0.25, 0.3) is 0 Å². The first-order valence-electron chi connectivity index (χ1n) is 14.2. The number of nitrogens with zero attached hydrogens (tertiary/aromatic N) is 2. The largest absolute Gasteiger partial charge is 0.477 e. The Labute approximate surface area is 241 Å². The Morgan fingerprint density at radius 1 is 1.15 bits per heavy atom. The molecule has 1 aliphatic heterocycles. The van der Waals surface area contributed by atoms with Gasteiger partial charge >= 0.3 is 5.97 Å². The zero-order valence-electron chi connectivity index (χ0n) is 25.1. The number of pyridine rings is 1. The zero-order chi connectivity index (χ0) is 30.3. The van der Waals surface area contributed by atoms with Crippen LogP contribution in [-0.2, 0) is 23.9 Å². The Kier molecular flexibility index (Phi) is 10.7. The van der Waals surface area contributed by atoms with Crippen LogP contribution in [0.2, 0.25) is 0 Å². The van der Waals surface area contributed by atoms with Crippen molar-refractivity contribution in [1.82, 2.24) is 26.1 Å². The monoisotopic (exact) mass is 569 g/mol. The van der Waals surface area contributed by atoms with E-state index in [0.29, 0.717) is 25.3 Å². The predicted octanol–water partition coefficient (Wildman–Crippen LogP) is 3.04. The third-order valence-electron chi connectivity index (χ3n) is 7.23. The summed E-state index contributed by atoms with van der Waals surface area (Å²) in [6.07, 6.45) is 2.86. The molecule has 1 aliphatic rings. The van der Waals surface area contributed by atoms with E-state index in [2.05, 4.69) is 21.0 Å². The third-order valence-corrected chi connectivity index (χ3v) is 7.23. The average molecular weight is 570 g/mol. The highest BCUT2D eigenvalue weighted by atomic mass is 16.5. The standard InChI is InChI=1S/C30H43N5O6/c1-8-25(36)35-13-9-10-23(34-35)28(38)41-19(4)20-11-12-21-16-32-24(15-22(21)14-20)40-17-30(5,6)29(39)33-26(18(2)3)27(37)31-7/h11-12,14-16,18-19,23,26,34H,8-10,13,17H2,1-7H3,(H,31,37)(H,33,39)/t19-,23+,26+/m1/s1. The molecule has 0 spiro atoms. The van der Waals surface area contributed by atoms with E-state index in [1.165, 1.54) is 12.1 Å². The van der Waals surface area contributed by atoms with E-state index >= 15 is 0 Å². The number of aromatic nitrogens is 1. The van der Waals surface area contributed by atoms with E-state index < -0.39 is 29.6 Å². The van der Waals surface area contributed by atoms with Crippen LogP contribution in [-0.4, -0.2) is 66.0 Å². The highest BCUT2D eigenvalue weighted by Crippen LogP contribution is 2.26. The second-order valence-corrected chi connectivity index (χ2v) is 11.4. The van der Waals surface area contributed by atoms with Crippen molar-refractivity contribution in [2.45, 2.75) is 79.0 Å². The SMILES string of the molecule is CCC(=O)N1CCC[C@@H](C(=O)O[C@H](C)c2ccc3cnc(OCC(C)(C)C(=O)N[C@H](C(=O)NC)C(C)C)cc3c2)N1. The van der Waals surface area contributed by atoms with Crippen LogP contribution in [0, 0.1) is 11.3 Å².